The van der Waals surface area contributed by atoms with Crippen LogP contribution in [0, 0.1) is 5.92 Å². The number of anilines is 1. The summed E-state index contributed by atoms with van der Waals surface area (Å²) in [6, 6.07) is 12.0. The molecule has 9 nitrogen and oxygen atoms in total. The normalized spacial score (nSPS) is 19.8. The number of aromatic nitrogens is 1. The molecule has 2 aliphatic heterocycles. The zero-order valence-electron chi connectivity index (χ0n) is 17.4. The average Bonchev–Trinajstić information content (AvgIpc) is 2.74. The van der Waals surface area contributed by atoms with E-state index in [9.17, 15) is 22.8 Å². The Kier molecular flexibility index (Phi) is 6.05. The summed E-state index contributed by atoms with van der Waals surface area (Å²) in [5, 5.41) is 8.81. The first-order chi connectivity index (χ1) is 15.2. The van der Waals surface area contributed by atoms with Gasteiger partial charge in [0.1, 0.15) is 5.69 Å². The summed E-state index contributed by atoms with van der Waals surface area (Å²) in [4.78, 5) is 37.9. The molecule has 2 bridgehead atoms. The highest BCUT2D eigenvalue weighted by Gasteiger charge is 2.36. The molecule has 1 aromatic heterocycles. The Labute approximate surface area is 185 Å². The summed E-state index contributed by atoms with van der Waals surface area (Å²) >= 11 is 0. The Balaban J connectivity index is 1.51. The molecule has 2 N–H and O–H groups in total. The summed E-state index contributed by atoms with van der Waals surface area (Å²) < 4.78 is 29.2. The fourth-order valence-corrected chi connectivity index (χ4v) is 5.79. The van der Waals surface area contributed by atoms with Crippen molar-refractivity contribution in [3.05, 3.63) is 64.1 Å². The summed E-state index contributed by atoms with van der Waals surface area (Å²) in [5.41, 5.74) is 1.02. The van der Waals surface area contributed by atoms with E-state index in [0.717, 1.165) is 12.1 Å². The second-order valence-electron chi connectivity index (χ2n) is 8.43. The molecule has 2 aromatic rings. The maximum absolute atomic E-state index is 13.1. The lowest BCUT2D eigenvalue weighted by molar-refractivity contribution is -0.141. The first-order valence-corrected chi connectivity index (χ1v) is 12.1. The van der Waals surface area contributed by atoms with Gasteiger partial charge in [0, 0.05) is 37.7 Å². The van der Waals surface area contributed by atoms with Crippen molar-refractivity contribution in [2.24, 2.45) is 5.92 Å². The van der Waals surface area contributed by atoms with E-state index in [0.29, 0.717) is 25.2 Å². The molecule has 10 heteroatoms. The molecule has 0 radical (unpaired) electrons. The van der Waals surface area contributed by atoms with Crippen LogP contribution in [-0.4, -0.2) is 48.0 Å². The van der Waals surface area contributed by atoms with E-state index in [2.05, 4.69) is 4.72 Å². The number of likely N-dealkylation sites (tertiary alicyclic amines) is 1. The van der Waals surface area contributed by atoms with Crippen molar-refractivity contribution in [2.75, 3.05) is 17.8 Å². The van der Waals surface area contributed by atoms with Crippen LogP contribution in [0.4, 0.5) is 5.69 Å². The first kappa shape index (κ1) is 22.1. The number of nitrogens with one attached hydrogen (secondary N) is 1. The Morgan fingerprint density at radius 3 is 2.50 bits per heavy atom. The van der Waals surface area contributed by atoms with Crippen molar-refractivity contribution < 1.29 is 23.1 Å². The number of carboxylic acid groups (broad SMARTS) is 1. The van der Waals surface area contributed by atoms with Crippen LogP contribution in [0.5, 0.6) is 0 Å². The van der Waals surface area contributed by atoms with E-state index in [1.807, 2.05) is 0 Å². The first-order valence-electron chi connectivity index (χ1n) is 10.5. The molecule has 3 heterocycles. The van der Waals surface area contributed by atoms with E-state index in [1.165, 1.54) is 6.07 Å². The highest BCUT2D eigenvalue weighted by Crippen LogP contribution is 2.35. The van der Waals surface area contributed by atoms with Gasteiger partial charge in [-0.15, -0.1) is 0 Å². The van der Waals surface area contributed by atoms with E-state index in [-0.39, 0.29) is 47.6 Å². The number of pyridine rings is 1. The molecule has 2 aliphatic rings. The van der Waals surface area contributed by atoms with Gasteiger partial charge in [0.15, 0.2) is 0 Å². The van der Waals surface area contributed by atoms with Crippen molar-refractivity contribution in [3.8, 4) is 0 Å². The van der Waals surface area contributed by atoms with Crippen molar-refractivity contribution in [1.29, 1.82) is 0 Å². The van der Waals surface area contributed by atoms with Crippen molar-refractivity contribution in [2.45, 2.75) is 37.5 Å². The number of piperidine rings is 1. The maximum atomic E-state index is 13.1. The van der Waals surface area contributed by atoms with E-state index < -0.39 is 16.0 Å². The molecule has 1 saturated heterocycles. The van der Waals surface area contributed by atoms with Gasteiger partial charge in [-0.05, 0) is 30.0 Å². The number of hydrogen-bond donors (Lipinski definition) is 2. The number of rotatable bonds is 7. The number of sulfonamides is 1. The van der Waals surface area contributed by atoms with Gasteiger partial charge in [-0.2, -0.15) is 0 Å². The molecular weight excluding hydrogens is 434 g/mol. The van der Waals surface area contributed by atoms with Gasteiger partial charge in [-0.25, -0.2) is 8.42 Å². The van der Waals surface area contributed by atoms with Crippen LogP contribution >= 0.6 is 0 Å². The number of amides is 1. The molecule has 0 spiro atoms. The molecule has 1 aromatic carbocycles. The SMILES string of the molecule is O=C(O)CCC(=O)N1C[C@@H]2C[C@H](C1)c1ccc(NS(=O)(=O)Cc3ccccc3)c(=O)n1C2. The van der Waals surface area contributed by atoms with Gasteiger partial charge < -0.3 is 14.6 Å². The van der Waals surface area contributed by atoms with Gasteiger partial charge in [-0.3, -0.25) is 19.1 Å². The minimum absolute atomic E-state index is 0.0130. The zero-order chi connectivity index (χ0) is 22.9. The van der Waals surface area contributed by atoms with E-state index in [4.69, 9.17) is 5.11 Å². The number of carboxylic acids is 1. The fraction of sp³-hybridized carbons (Fsp3) is 0.409. The van der Waals surface area contributed by atoms with Crippen LogP contribution in [0.25, 0.3) is 0 Å². The number of nitrogens with zero attached hydrogens (tertiary/aromatic N) is 2. The van der Waals surface area contributed by atoms with E-state index in [1.54, 1.807) is 45.9 Å². The standard InChI is InChI=1S/C22H25N3O6S/c26-20(8-9-21(27)28)24-11-16-10-17(13-24)19-7-6-18(22(29)25(19)12-16)23-32(30,31)14-15-4-2-1-3-5-15/h1-7,16-17,23H,8-14H2,(H,27,28)/t16-,17+/m0/s1. The molecule has 32 heavy (non-hydrogen) atoms. The predicted molar refractivity (Wildman–Crippen MR) is 118 cm³/mol. The van der Waals surface area contributed by atoms with Gasteiger partial charge in [0.2, 0.25) is 15.9 Å². The lowest BCUT2D eigenvalue weighted by Gasteiger charge is -2.43. The van der Waals surface area contributed by atoms with Crippen LogP contribution in [-0.2, 0) is 31.9 Å². The topological polar surface area (TPSA) is 126 Å². The largest absolute Gasteiger partial charge is 0.481 e. The van der Waals surface area contributed by atoms with Gasteiger partial charge in [-0.1, -0.05) is 30.3 Å². The third kappa shape index (κ3) is 4.85. The van der Waals surface area contributed by atoms with Crippen molar-refractivity contribution in [1.82, 2.24) is 9.47 Å². The molecule has 0 unspecified atom stereocenters. The van der Waals surface area contributed by atoms with Crippen LogP contribution in [0.1, 0.15) is 36.4 Å². The monoisotopic (exact) mass is 459 g/mol. The highest BCUT2D eigenvalue weighted by molar-refractivity contribution is 7.91. The van der Waals surface area contributed by atoms with Crippen molar-refractivity contribution in [3.63, 3.8) is 0 Å². The molecule has 2 atom stereocenters. The molecule has 4 rings (SSSR count). The maximum Gasteiger partial charge on any atom is 0.303 e. The molecule has 0 aliphatic carbocycles. The number of carbonyl (C=O) groups excluding carboxylic acids is 1. The van der Waals surface area contributed by atoms with Crippen molar-refractivity contribution >= 4 is 27.6 Å². The van der Waals surface area contributed by atoms with Crippen LogP contribution in [0.15, 0.2) is 47.3 Å². The second kappa shape index (κ2) is 8.78. The number of carbonyl (C=O) groups is 2. The van der Waals surface area contributed by atoms with Gasteiger partial charge in [0.05, 0.1) is 12.2 Å². The third-order valence-corrected chi connectivity index (χ3v) is 7.22. The Bertz CT molecular complexity index is 1190. The predicted octanol–water partition coefficient (Wildman–Crippen LogP) is 1.60. The minimum Gasteiger partial charge on any atom is -0.481 e. The smallest absolute Gasteiger partial charge is 0.303 e. The van der Waals surface area contributed by atoms with Crippen LogP contribution < -0.4 is 10.3 Å². The molecular formula is C22H25N3O6S. The van der Waals surface area contributed by atoms with Gasteiger partial charge in [0.25, 0.3) is 5.56 Å². The van der Waals surface area contributed by atoms with E-state index >= 15 is 0 Å². The summed E-state index contributed by atoms with van der Waals surface area (Å²) in [6.07, 6.45) is 0.595. The van der Waals surface area contributed by atoms with Gasteiger partial charge >= 0.3 is 5.97 Å². The highest BCUT2D eigenvalue weighted by atomic mass is 32.2. The lowest BCUT2D eigenvalue weighted by Crippen LogP contribution is -2.49. The average molecular weight is 460 g/mol. The van der Waals surface area contributed by atoms with Crippen LogP contribution in [0.2, 0.25) is 0 Å². The molecule has 0 saturated carbocycles. The molecule has 170 valence electrons. The Morgan fingerprint density at radius 2 is 1.78 bits per heavy atom. The second-order valence-corrected chi connectivity index (χ2v) is 10.1. The number of hydrogen-bond acceptors (Lipinski definition) is 5. The molecule has 1 fully saturated rings. The molecule has 1 amide bonds. The third-order valence-electron chi connectivity index (χ3n) is 5.97. The Hall–Kier alpha value is -3.14. The zero-order valence-corrected chi connectivity index (χ0v) is 18.3. The van der Waals surface area contributed by atoms with Crippen LogP contribution in [0.3, 0.4) is 0 Å². The summed E-state index contributed by atoms with van der Waals surface area (Å²) in [7, 11) is -3.75. The number of aliphatic carboxylic acids is 1. The number of benzene rings is 1. The lowest BCUT2D eigenvalue weighted by atomic mass is 9.83. The quantitative estimate of drug-likeness (QED) is 0.648. The Morgan fingerprint density at radius 1 is 1.03 bits per heavy atom. The minimum atomic E-state index is -3.75. The number of fused-ring (bicyclic) bond motifs is 4. The summed E-state index contributed by atoms with van der Waals surface area (Å²) in [5.74, 6) is -1.41. The summed E-state index contributed by atoms with van der Waals surface area (Å²) in [6.45, 7) is 1.28. The fourth-order valence-electron chi connectivity index (χ4n) is 4.60.